The van der Waals surface area contributed by atoms with E-state index in [4.69, 9.17) is 0 Å². The Morgan fingerprint density at radius 3 is 2.23 bits per heavy atom. The fourth-order valence-corrected chi connectivity index (χ4v) is 4.83. The van der Waals surface area contributed by atoms with Crippen molar-refractivity contribution in [2.24, 2.45) is 5.92 Å². The van der Waals surface area contributed by atoms with E-state index in [0.717, 1.165) is 28.7 Å². The average molecular weight is 440 g/mol. The van der Waals surface area contributed by atoms with Gasteiger partial charge in [0.2, 0.25) is 10.0 Å². The van der Waals surface area contributed by atoms with Crippen LogP contribution in [0.3, 0.4) is 0 Å². The Bertz CT molecular complexity index is 1120. The van der Waals surface area contributed by atoms with Gasteiger partial charge in [-0.3, -0.25) is 0 Å². The summed E-state index contributed by atoms with van der Waals surface area (Å²) in [5.74, 6) is -0.483. The maximum atomic E-state index is 12.4. The summed E-state index contributed by atoms with van der Waals surface area (Å²) in [5.41, 5.74) is 4.14. The number of carbonyl (C=O) groups is 1. The first-order valence-corrected chi connectivity index (χ1v) is 12.0. The summed E-state index contributed by atoms with van der Waals surface area (Å²) in [6, 6.07) is 18.0. The molecule has 0 aliphatic heterocycles. The molecule has 164 valence electrons. The number of sulfonamides is 1. The van der Waals surface area contributed by atoms with Crippen molar-refractivity contribution in [2.75, 3.05) is 6.54 Å². The van der Waals surface area contributed by atoms with Crippen LogP contribution < -0.4 is 4.72 Å². The van der Waals surface area contributed by atoms with Crippen LogP contribution in [0.2, 0.25) is 0 Å². The van der Waals surface area contributed by atoms with Gasteiger partial charge < -0.3 is 5.11 Å². The van der Waals surface area contributed by atoms with Crippen LogP contribution in [-0.2, 0) is 16.4 Å². The van der Waals surface area contributed by atoms with E-state index in [1.54, 1.807) is 36.4 Å². The monoisotopic (exact) mass is 439 g/mol. The molecule has 6 heteroatoms. The van der Waals surface area contributed by atoms with E-state index in [1.807, 2.05) is 25.1 Å². The number of carboxylic acid groups (broad SMARTS) is 1. The third-order valence-electron chi connectivity index (χ3n) is 5.61. The summed E-state index contributed by atoms with van der Waals surface area (Å²) in [4.78, 5) is 12.0. The molecule has 3 rings (SSSR count). The van der Waals surface area contributed by atoms with E-state index < -0.39 is 16.0 Å². The van der Waals surface area contributed by atoms with Crippen molar-refractivity contribution in [2.45, 2.75) is 44.4 Å². The zero-order valence-electron chi connectivity index (χ0n) is 18.1. The van der Waals surface area contributed by atoms with Crippen LogP contribution in [0.1, 0.15) is 54.6 Å². The van der Waals surface area contributed by atoms with Gasteiger partial charge in [0.05, 0.1) is 10.5 Å². The minimum atomic E-state index is -3.53. The SMILES string of the molecule is CC(C)c1ccc2c(CC[C@H](C)CNS(=O)(=O)c3ccccc3)cc(C(=O)O)c-2cc1. The molecule has 0 heterocycles. The van der Waals surface area contributed by atoms with E-state index >= 15 is 0 Å². The maximum absolute atomic E-state index is 12.4. The predicted octanol–water partition coefficient (Wildman–Crippen LogP) is 5.16. The lowest BCUT2D eigenvalue weighted by Gasteiger charge is -2.13. The number of benzene rings is 1. The first-order valence-electron chi connectivity index (χ1n) is 10.5. The molecular weight excluding hydrogens is 410 g/mol. The van der Waals surface area contributed by atoms with Crippen LogP contribution in [0, 0.1) is 5.92 Å². The molecule has 0 saturated heterocycles. The van der Waals surface area contributed by atoms with E-state index in [1.165, 1.54) is 0 Å². The standard InChI is InChI=1S/C25H29NO4S/c1-17(2)19-11-13-22-20(15-24(25(27)28)23(22)14-12-19)10-9-18(3)16-26-31(29,30)21-7-5-4-6-8-21/h4-8,11-15,17-18,26H,9-10,16H2,1-3H3,(H,27,28)/t18-/m0/s1. The van der Waals surface area contributed by atoms with Gasteiger partial charge in [-0.25, -0.2) is 17.9 Å². The van der Waals surface area contributed by atoms with Crippen molar-refractivity contribution in [1.29, 1.82) is 0 Å². The van der Waals surface area contributed by atoms with Gasteiger partial charge in [-0.2, -0.15) is 0 Å². The van der Waals surface area contributed by atoms with Crippen LogP contribution >= 0.6 is 0 Å². The molecule has 2 aliphatic rings. The lowest BCUT2D eigenvalue weighted by atomic mass is 9.99. The first kappa shape index (κ1) is 23.0. The molecule has 0 fully saturated rings. The molecule has 0 saturated carbocycles. The van der Waals surface area contributed by atoms with Gasteiger partial charge in [-0.1, -0.05) is 63.2 Å². The molecule has 0 spiro atoms. The van der Waals surface area contributed by atoms with Crippen molar-refractivity contribution in [1.82, 2.24) is 4.72 Å². The molecule has 0 aromatic heterocycles. The largest absolute Gasteiger partial charge is 0.478 e. The minimum Gasteiger partial charge on any atom is -0.478 e. The molecule has 0 unspecified atom stereocenters. The number of aromatic carboxylic acids is 1. The number of rotatable bonds is 9. The summed E-state index contributed by atoms with van der Waals surface area (Å²) in [5, 5.41) is 9.64. The highest BCUT2D eigenvalue weighted by Crippen LogP contribution is 2.34. The molecule has 1 aromatic rings. The molecule has 31 heavy (non-hydrogen) atoms. The summed E-state index contributed by atoms with van der Waals surface area (Å²) < 4.78 is 27.5. The predicted molar refractivity (Wildman–Crippen MR) is 123 cm³/mol. The number of hydrogen-bond acceptors (Lipinski definition) is 3. The third-order valence-corrected chi connectivity index (χ3v) is 7.05. The van der Waals surface area contributed by atoms with Crippen molar-refractivity contribution in [3.63, 3.8) is 0 Å². The molecule has 2 N–H and O–H groups in total. The number of fused-ring (bicyclic) bond motifs is 1. The number of nitrogens with one attached hydrogen (secondary N) is 1. The van der Waals surface area contributed by atoms with Gasteiger partial charge in [0.25, 0.3) is 0 Å². The smallest absolute Gasteiger partial charge is 0.336 e. The highest BCUT2D eigenvalue weighted by molar-refractivity contribution is 7.89. The lowest BCUT2D eigenvalue weighted by Crippen LogP contribution is -2.28. The highest BCUT2D eigenvalue weighted by atomic mass is 32.2. The Balaban J connectivity index is 1.72. The Labute approximate surface area is 184 Å². The topological polar surface area (TPSA) is 83.5 Å². The molecule has 1 atom stereocenters. The Morgan fingerprint density at radius 1 is 0.968 bits per heavy atom. The quantitative estimate of drug-likeness (QED) is 0.482. The van der Waals surface area contributed by atoms with Crippen molar-refractivity contribution in [3.8, 4) is 11.1 Å². The molecule has 0 radical (unpaired) electrons. The van der Waals surface area contributed by atoms with Gasteiger partial charge in [0.15, 0.2) is 0 Å². The fraction of sp³-hybridized carbons (Fsp3) is 0.320. The van der Waals surface area contributed by atoms with E-state index in [9.17, 15) is 18.3 Å². The van der Waals surface area contributed by atoms with Gasteiger partial charge in [0, 0.05) is 6.54 Å². The van der Waals surface area contributed by atoms with Gasteiger partial charge in [0.1, 0.15) is 0 Å². The Kier molecular flexibility index (Phi) is 7.13. The van der Waals surface area contributed by atoms with Crippen LogP contribution in [0.4, 0.5) is 0 Å². The number of aryl methyl sites for hydroxylation is 1. The second-order valence-corrected chi connectivity index (χ2v) is 10.1. The zero-order chi connectivity index (χ0) is 22.6. The molecule has 0 amide bonds. The fourth-order valence-electron chi connectivity index (χ4n) is 3.65. The molecular formula is C25H29NO4S. The normalized spacial score (nSPS) is 12.9. The van der Waals surface area contributed by atoms with Gasteiger partial charge in [-0.15, -0.1) is 0 Å². The number of carboxylic acids is 1. The van der Waals surface area contributed by atoms with Gasteiger partial charge in [-0.05, 0) is 65.1 Å². The second kappa shape index (κ2) is 9.62. The Hall–Kier alpha value is -2.70. The van der Waals surface area contributed by atoms with Crippen LogP contribution in [-0.4, -0.2) is 26.0 Å². The molecule has 1 aromatic carbocycles. The number of hydrogen-bond donors (Lipinski definition) is 2. The van der Waals surface area contributed by atoms with Crippen molar-refractivity contribution in [3.05, 3.63) is 77.4 Å². The van der Waals surface area contributed by atoms with Crippen molar-refractivity contribution >= 4 is 16.0 Å². The maximum Gasteiger partial charge on any atom is 0.336 e. The second-order valence-electron chi connectivity index (χ2n) is 8.35. The van der Waals surface area contributed by atoms with Crippen LogP contribution in [0.25, 0.3) is 11.1 Å². The average Bonchev–Trinajstić information content (AvgIpc) is 2.93. The summed E-state index contributed by atoms with van der Waals surface area (Å²) in [7, 11) is -3.53. The molecule has 0 bridgehead atoms. The highest BCUT2D eigenvalue weighted by Gasteiger charge is 2.20. The van der Waals surface area contributed by atoms with Crippen molar-refractivity contribution < 1.29 is 18.3 Å². The third kappa shape index (κ3) is 5.51. The van der Waals surface area contributed by atoms with E-state index in [2.05, 4.69) is 24.6 Å². The van der Waals surface area contributed by atoms with Crippen LogP contribution in [0.5, 0.6) is 0 Å². The summed E-state index contributed by atoms with van der Waals surface area (Å²) >= 11 is 0. The summed E-state index contributed by atoms with van der Waals surface area (Å²) in [6.45, 7) is 6.54. The Morgan fingerprint density at radius 2 is 1.61 bits per heavy atom. The van der Waals surface area contributed by atoms with Crippen LogP contribution in [0.15, 0.2) is 65.6 Å². The summed E-state index contributed by atoms with van der Waals surface area (Å²) in [6.07, 6.45) is 1.42. The molecule has 5 nitrogen and oxygen atoms in total. The zero-order valence-corrected chi connectivity index (χ0v) is 18.9. The molecule has 2 aliphatic carbocycles. The first-order chi connectivity index (χ1) is 14.7. The minimum absolute atomic E-state index is 0.0976. The lowest BCUT2D eigenvalue weighted by molar-refractivity contribution is 0.0698. The van der Waals surface area contributed by atoms with Gasteiger partial charge >= 0.3 is 5.97 Å². The van der Waals surface area contributed by atoms with E-state index in [0.29, 0.717) is 24.4 Å². The van der Waals surface area contributed by atoms with E-state index in [-0.39, 0.29) is 10.8 Å².